The summed E-state index contributed by atoms with van der Waals surface area (Å²) in [7, 11) is 0. The van der Waals surface area contributed by atoms with Crippen molar-refractivity contribution >= 4 is 45.2 Å². The SMILES string of the molecule is CCOC(=O)c1c(NC(=O)Cn2cnc3c(cnn3-c3ccc(F)cc3)c2=O)sc(C(N)=O)c1C. The molecule has 3 aromatic heterocycles. The number of primary amides is 1. The molecule has 0 saturated heterocycles. The Labute approximate surface area is 200 Å². The molecule has 11 nitrogen and oxygen atoms in total. The van der Waals surface area contributed by atoms with E-state index >= 15 is 0 Å². The number of carbonyl (C=O) groups excluding carboxylic acids is 3. The fourth-order valence-electron chi connectivity index (χ4n) is 3.44. The van der Waals surface area contributed by atoms with Crippen LogP contribution in [0.25, 0.3) is 16.7 Å². The van der Waals surface area contributed by atoms with Crippen molar-refractivity contribution in [2.45, 2.75) is 20.4 Å². The molecule has 0 unspecified atom stereocenters. The van der Waals surface area contributed by atoms with E-state index in [4.69, 9.17) is 10.5 Å². The third-order valence-corrected chi connectivity index (χ3v) is 6.26. The topological polar surface area (TPSA) is 151 Å². The van der Waals surface area contributed by atoms with E-state index in [0.29, 0.717) is 11.3 Å². The largest absolute Gasteiger partial charge is 0.462 e. The molecule has 0 aliphatic carbocycles. The van der Waals surface area contributed by atoms with Gasteiger partial charge < -0.3 is 15.8 Å². The zero-order valence-corrected chi connectivity index (χ0v) is 19.4. The fraction of sp³-hybridized carbons (Fsp3) is 0.182. The van der Waals surface area contributed by atoms with Crippen molar-refractivity contribution in [1.29, 1.82) is 0 Å². The summed E-state index contributed by atoms with van der Waals surface area (Å²) in [4.78, 5) is 54.1. The second kappa shape index (κ2) is 9.46. The summed E-state index contributed by atoms with van der Waals surface area (Å²) < 4.78 is 20.7. The number of halogens is 1. The maximum absolute atomic E-state index is 13.2. The fourth-order valence-corrected chi connectivity index (χ4v) is 4.50. The number of hydrogen-bond acceptors (Lipinski definition) is 8. The number of fused-ring (bicyclic) bond motifs is 1. The lowest BCUT2D eigenvalue weighted by Gasteiger charge is -2.09. The van der Waals surface area contributed by atoms with E-state index in [9.17, 15) is 23.6 Å². The average molecular weight is 498 g/mol. The van der Waals surface area contributed by atoms with Crippen LogP contribution < -0.4 is 16.6 Å². The van der Waals surface area contributed by atoms with Crippen molar-refractivity contribution in [2.75, 3.05) is 11.9 Å². The number of nitrogens with two attached hydrogens (primary N) is 1. The average Bonchev–Trinajstić information content (AvgIpc) is 3.38. The number of carbonyl (C=O) groups is 3. The summed E-state index contributed by atoms with van der Waals surface area (Å²) in [5.41, 5.74) is 5.92. The molecular formula is C22H19FN6O5S. The number of rotatable bonds is 7. The molecule has 0 aliphatic heterocycles. The third kappa shape index (κ3) is 4.53. The van der Waals surface area contributed by atoms with Crippen LogP contribution >= 0.6 is 11.3 Å². The Morgan fingerprint density at radius 1 is 1.23 bits per heavy atom. The molecule has 0 aliphatic rings. The number of hydrogen-bond donors (Lipinski definition) is 2. The van der Waals surface area contributed by atoms with Crippen molar-refractivity contribution in [2.24, 2.45) is 5.73 Å². The van der Waals surface area contributed by atoms with Gasteiger partial charge in [-0.05, 0) is 43.7 Å². The molecule has 35 heavy (non-hydrogen) atoms. The molecule has 0 saturated carbocycles. The highest BCUT2D eigenvalue weighted by molar-refractivity contribution is 7.18. The Morgan fingerprint density at radius 3 is 2.60 bits per heavy atom. The van der Waals surface area contributed by atoms with Crippen LogP contribution in [0.1, 0.15) is 32.5 Å². The standard InChI is InChI=1S/C22H19FN6O5S/c1-3-34-22(33)16-11(2)17(18(24)31)35-20(16)27-15(30)9-28-10-25-19-14(21(28)32)8-26-29(19)13-6-4-12(23)5-7-13/h4-8,10H,3,9H2,1-2H3,(H2,24,31)(H,27,30). The molecule has 180 valence electrons. The van der Waals surface area contributed by atoms with Crippen LogP contribution in [0.15, 0.2) is 41.6 Å². The first-order chi connectivity index (χ1) is 16.7. The summed E-state index contributed by atoms with van der Waals surface area (Å²) in [5.74, 6) is -2.51. The predicted octanol–water partition coefficient (Wildman–Crippen LogP) is 2.01. The number of esters is 1. The van der Waals surface area contributed by atoms with Crippen molar-refractivity contribution in [3.8, 4) is 5.69 Å². The highest BCUT2D eigenvalue weighted by atomic mass is 32.1. The first kappa shape index (κ1) is 23.8. The van der Waals surface area contributed by atoms with E-state index in [0.717, 1.165) is 15.9 Å². The van der Waals surface area contributed by atoms with Crippen molar-refractivity contribution < 1.29 is 23.5 Å². The maximum Gasteiger partial charge on any atom is 0.341 e. The van der Waals surface area contributed by atoms with Gasteiger partial charge in [0.15, 0.2) is 5.65 Å². The van der Waals surface area contributed by atoms with Gasteiger partial charge in [-0.1, -0.05) is 0 Å². The highest BCUT2D eigenvalue weighted by Crippen LogP contribution is 2.33. The number of nitrogens with zero attached hydrogens (tertiary/aromatic N) is 4. The van der Waals surface area contributed by atoms with E-state index in [2.05, 4.69) is 15.4 Å². The Bertz CT molecular complexity index is 1520. The molecule has 0 fully saturated rings. The number of amides is 2. The van der Waals surface area contributed by atoms with Crippen LogP contribution in [0.3, 0.4) is 0 Å². The summed E-state index contributed by atoms with van der Waals surface area (Å²) in [6.07, 6.45) is 2.50. The summed E-state index contributed by atoms with van der Waals surface area (Å²) in [5, 5.41) is 6.94. The van der Waals surface area contributed by atoms with Gasteiger partial charge in [-0.15, -0.1) is 11.3 Å². The molecule has 13 heteroatoms. The molecule has 4 rings (SSSR count). The smallest absolute Gasteiger partial charge is 0.341 e. The zero-order valence-electron chi connectivity index (χ0n) is 18.6. The van der Waals surface area contributed by atoms with Gasteiger partial charge in [0.05, 0.1) is 28.9 Å². The maximum atomic E-state index is 13.2. The summed E-state index contributed by atoms with van der Waals surface area (Å²) in [6.45, 7) is 2.83. The molecular weight excluding hydrogens is 479 g/mol. The predicted molar refractivity (Wildman–Crippen MR) is 125 cm³/mol. The minimum atomic E-state index is -0.748. The van der Waals surface area contributed by atoms with Crippen LogP contribution in [0, 0.1) is 12.7 Å². The molecule has 0 spiro atoms. The van der Waals surface area contributed by atoms with Crippen LogP contribution in [-0.2, 0) is 16.1 Å². The molecule has 0 atom stereocenters. The number of nitrogens with one attached hydrogen (secondary N) is 1. The van der Waals surface area contributed by atoms with Gasteiger partial charge in [0, 0.05) is 0 Å². The first-order valence-corrected chi connectivity index (χ1v) is 11.1. The van der Waals surface area contributed by atoms with Gasteiger partial charge in [-0.2, -0.15) is 5.10 Å². The number of thiophene rings is 1. The lowest BCUT2D eigenvalue weighted by Crippen LogP contribution is -2.28. The normalized spacial score (nSPS) is 10.9. The van der Waals surface area contributed by atoms with Crippen molar-refractivity contribution in [1.82, 2.24) is 19.3 Å². The van der Waals surface area contributed by atoms with Gasteiger partial charge >= 0.3 is 5.97 Å². The quantitative estimate of drug-likeness (QED) is 0.370. The van der Waals surface area contributed by atoms with Gasteiger partial charge in [0.1, 0.15) is 29.1 Å². The molecule has 0 bridgehead atoms. The molecule has 3 heterocycles. The molecule has 3 N–H and O–H groups in total. The lowest BCUT2D eigenvalue weighted by molar-refractivity contribution is -0.116. The van der Waals surface area contributed by atoms with E-state index in [-0.39, 0.29) is 33.1 Å². The van der Waals surface area contributed by atoms with E-state index in [1.54, 1.807) is 6.92 Å². The zero-order chi connectivity index (χ0) is 25.3. The minimum Gasteiger partial charge on any atom is -0.462 e. The Kier molecular flexibility index (Phi) is 6.42. The molecule has 2 amide bonds. The molecule has 1 aromatic carbocycles. The van der Waals surface area contributed by atoms with Crippen molar-refractivity contribution in [3.63, 3.8) is 0 Å². The third-order valence-electron chi connectivity index (χ3n) is 5.04. The number of benzene rings is 1. The second-order valence-electron chi connectivity index (χ2n) is 7.34. The Balaban J connectivity index is 1.61. The highest BCUT2D eigenvalue weighted by Gasteiger charge is 2.26. The number of anilines is 1. The Morgan fingerprint density at radius 2 is 1.94 bits per heavy atom. The minimum absolute atomic E-state index is 0.0282. The van der Waals surface area contributed by atoms with E-state index in [1.807, 2.05) is 0 Å². The van der Waals surface area contributed by atoms with Crippen LogP contribution in [-0.4, -0.2) is 43.7 Å². The Hall–Kier alpha value is -4.39. The van der Waals surface area contributed by atoms with Gasteiger partial charge in [-0.3, -0.25) is 19.0 Å². The monoisotopic (exact) mass is 498 g/mol. The van der Waals surface area contributed by atoms with Gasteiger partial charge in [-0.25, -0.2) is 18.9 Å². The first-order valence-electron chi connectivity index (χ1n) is 10.3. The van der Waals surface area contributed by atoms with Crippen LogP contribution in [0.5, 0.6) is 0 Å². The summed E-state index contributed by atoms with van der Waals surface area (Å²) in [6, 6.07) is 5.50. The number of aromatic nitrogens is 4. The second-order valence-corrected chi connectivity index (χ2v) is 8.36. The van der Waals surface area contributed by atoms with E-state index < -0.39 is 35.7 Å². The van der Waals surface area contributed by atoms with Gasteiger partial charge in [0.2, 0.25) is 5.91 Å². The van der Waals surface area contributed by atoms with Crippen molar-refractivity contribution in [3.05, 3.63) is 69.0 Å². The molecule has 0 radical (unpaired) electrons. The lowest BCUT2D eigenvalue weighted by atomic mass is 10.1. The molecule has 4 aromatic rings. The van der Waals surface area contributed by atoms with Gasteiger partial charge in [0.25, 0.3) is 11.5 Å². The number of ether oxygens (including phenoxy) is 1. The van der Waals surface area contributed by atoms with Crippen LogP contribution in [0.4, 0.5) is 9.39 Å². The van der Waals surface area contributed by atoms with E-state index in [1.165, 1.54) is 48.4 Å². The van der Waals surface area contributed by atoms with Crippen LogP contribution in [0.2, 0.25) is 0 Å². The summed E-state index contributed by atoms with van der Waals surface area (Å²) >= 11 is 0.846.